The number of hydrogen-bond acceptors (Lipinski definition) is 5. The van der Waals surface area contributed by atoms with Crippen LogP contribution in [0.5, 0.6) is 0 Å². The van der Waals surface area contributed by atoms with E-state index in [2.05, 4.69) is 26.3 Å². The zero-order chi connectivity index (χ0) is 20.5. The molecule has 3 heterocycles. The fourth-order valence-electron chi connectivity index (χ4n) is 4.54. The summed E-state index contributed by atoms with van der Waals surface area (Å²) in [5.74, 6) is -1.74. The maximum absolute atomic E-state index is 14.0. The number of sulfonamides is 1. The molecule has 0 saturated carbocycles. The van der Waals surface area contributed by atoms with Crippen LogP contribution in [0.2, 0.25) is 0 Å². The molecule has 6 nitrogen and oxygen atoms in total. The van der Waals surface area contributed by atoms with Crippen LogP contribution in [0.1, 0.15) is 23.2 Å². The van der Waals surface area contributed by atoms with E-state index in [4.69, 9.17) is 11.6 Å². The van der Waals surface area contributed by atoms with Crippen molar-refractivity contribution in [3.05, 3.63) is 63.6 Å². The molecule has 3 aliphatic heterocycles. The smallest absolute Gasteiger partial charge is 0.244 e. The molecule has 1 saturated heterocycles. The molecule has 2 bridgehead atoms. The Morgan fingerprint density at radius 2 is 1.69 bits per heavy atom. The van der Waals surface area contributed by atoms with Crippen molar-refractivity contribution in [1.82, 2.24) is 9.31 Å². The number of benzene rings is 2. The van der Waals surface area contributed by atoms with Crippen LogP contribution in [-0.2, 0) is 10.0 Å². The van der Waals surface area contributed by atoms with Crippen molar-refractivity contribution < 1.29 is 17.2 Å². The van der Waals surface area contributed by atoms with E-state index in [1.54, 1.807) is 17.1 Å². The lowest BCUT2D eigenvalue weighted by Crippen LogP contribution is -2.40. The molecule has 0 aliphatic carbocycles. The van der Waals surface area contributed by atoms with E-state index in [1.807, 2.05) is 0 Å². The van der Waals surface area contributed by atoms with Gasteiger partial charge < -0.3 is 0 Å². The van der Waals surface area contributed by atoms with E-state index < -0.39 is 45.8 Å². The summed E-state index contributed by atoms with van der Waals surface area (Å²) < 4.78 is 57.2. The highest BCUT2D eigenvalue weighted by atomic mass is 79.9. The molecule has 152 valence electrons. The second-order valence-electron chi connectivity index (χ2n) is 7.11. The van der Waals surface area contributed by atoms with Gasteiger partial charge in [-0.05, 0) is 47.5 Å². The second-order valence-corrected chi connectivity index (χ2v) is 10.2. The molecular formula is C18H14BrClF2N4O2S. The minimum absolute atomic E-state index is 0.102. The van der Waals surface area contributed by atoms with E-state index in [0.717, 1.165) is 16.6 Å². The third kappa shape index (κ3) is 2.69. The first-order valence-electron chi connectivity index (χ1n) is 8.86. The number of nitrogens with zero attached hydrogens (tertiary/aromatic N) is 4. The molecule has 11 heteroatoms. The van der Waals surface area contributed by atoms with Crippen LogP contribution < -0.4 is 0 Å². The highest BCUT2D eigenvalue weighted by Crippen LogP contribution is 2.59. The van der Waals surface area contributed by atoms with E-state index in [-0.39, 0.29) is 10.8 Å². The van der Waals surface area contributed by atoms with Crippen LogP contribution >= 0.6 is 27.5 Å². The average Bonchev–Trinajstić information content (AvgIpc) is 3.32. The Labute approximate surface area is 179 Å². The maximum atomic E-state index is 14.0. The predicted octanol–water partition coefficient (Wildman–Crippen LogP) is 4.19. The summed E-state index contributed by atoms with van der Waals surface area (Å²) in [4.78, 5) is 0.102. The molecule has 0 N–H and O–H groups in total. The van der Waals surface area contributed by atoms with E-state index >= 15 is 0 Å². The molecule has 4 atom stereocenters. The number of fused-ring (bicyclic) bond motifs is 8. The van der Waals surface area contributed by atoms with Gasteiger partial charge in [0.25, 0.3) is 0 Å². The monoisotopic (exact) mass is 502 g/mol. The molecule has 1 fully saturated rings. The van der Waals surface area contributed by atoms with Gasteiger partial charge in [-0.15, -0.1) is 11.6 Å². The summed E-state index contributed by atoms with van der Waals surface area (Å²) in [6.45, 7) is 0.376. The average molecular weight is 504 g/mol. The Bertz CT molecular complexity index is 1130. The van der Waals surface area contributed by atoms with Crippen LogP contribution in [-0.4, -0.2) is 42.2 Å². The largest absolute Gasteiger partial charge is 0.270 e. The van der Waals surface area contributed by atoms with Crippen LogP contribution in [0.25, 0.3) is 0 Å². The molecule has 29 heavy (non-hydrogen) atoms. The van der Waals surface area contributed by atoms with Crippen molar-refractivity contribution in [3.8, 4) is 0 Å². The van der Waals surface area contributed by atoms with E-state index in [9.17, 15) is 17.2 Å². The Morgan fingerprint density at radius 3 is 2.31 bits per heavy atom. The Hall–Kier alpha value is -1.62. The maximum Gasteiger partial charge on any atom is 0.244 e. The molecule has 3 aliphatic rings. The van der Waals surface area contributed by atoms with Crippen LogP contribution in [0.15, 0.2) is 56.1 Å². The summed E-state index contributed by atoms with van der Waals surface area (Å²) in [5.41, 5.74) is 0.880. The predicted molar refractivity (Wildman–Crippen MR) is 105 cm³/mol. The number of hydrogen-bond donors (Lipinski definition) is 0. The highest BCUT2D eigenvalue weighted by molar-refractivity contribution is 9.10. The van der Waals surface area contributed by atoms with Crippen molar-refractivity contribution in [2.24, 2.45) is 10.3 Å². The quantitative estimate of drug-likeness (QED) is 0.588. The lowest BCUT2D eigenvalue weighted by Gasteiger charge is -2.29. The summed E-state index contributed by atoms with van der Waals surface area (Å²) in [6.07, 6.45) is 0. The first-order valence-corrected chi connectivity index (χ1v) is 11.6. The Morgan fingerprint density at radius 1 is 1.07 bits per heavy atom. The van der Waals surface area contributed by atoms with Gasteiger partial charge in [0.15, 0.2) is 11.6 Å². The molecule has 2 aromatic rings. The lowest BCUT2D eigenvalue weighted by atomic mass is 9.85. The number of rotatable bonds is 4. The molecule has 0 spiro atoms. The molecule has 4 unspecified atom stereocenters. The van der Waals surface area contributed by atoms with Crippen LogP contribution in [0.4, 0.5) is 8.78 Å². The lowest BCUT2D eigenvalue weighted by molar-refractivity contribution is 0.199. The first kappa shape index (κ1) is 19.3. The zero-order valence-electron chi connectivity index (χ0n) is 14.7. The SMILES string of the molecule is O=S(=O)(c1ccc(Br)cc1)N1C2c3cc(F)c(F)cc3C1C1C2N=NN1CCCl. The minimum Gasteiger partial charge on any atom is -0.270 e. The van der Waals surface area contributed by atoms with Gasteiger partial charge in [-0.1, -0.05) is 21.2 Å². The summed E-state index contributed by atoms with van der Waals surface area (Å²) >= 11 is 9.17. The summed E-state index contributed by atoms with van der Waals surface area (Å²) in [7, 11) is -3.96. The van der Waals surface area contributed by atoms with Gasteiger partial charge in [0.2, 0.25) is 10.0 Å². The summed E-state index contributed by atoms with van der Waals surface area (Å²) in [6, 6.07) is 6.02. The van der Waals surface area contributed by atoms with Crippen molar-refractivity contribution in [3.63, 3.8) is 0 Å². The second kappa shape index (κ2) is 6.69. The van der Waals surface area contributed by atoms with Crippen LogP contribution in [0, 0.1) is 11.6 Å². The normalized spacial score (nSPS) is 27.5. The van der Waals surface area contributed by atoms with Crippen molar-refractivity contribution >= 4 is 37.6 Å². The molecule has 2 aromatic carbocycles. The minimum atomic E-state index is -3.96. The Kier molecular flexibility index (Phi) is 4.47. The molecule has 0 amide bonds. The number of halogens is 4. The van der Waals surface area contributed by atoms with Gasteiger partial charge in [-0.25, -0.2) is 17.2 Å². The van der Waals surface area contributed by atoms with Gasteiger partial charge in [0, 0.05) is 10.4 Å². The number of alkyl halides is 1. The third-order valence-corrected chi connectivity index (χ3v) is 8.23. The van der Waals surface area contributed by atoms with Gasteiger partial charge in [0.1, 0.15) is 6.04 Å². The van der Waals surface area contributed by atoms with Gasteiger partial charge >= 0.3 is 0 Å². The molecule has 0 radical (unpaired) electrons. The van der Waals surface area contributed by atoms with Crippen molar-refractivity contribution in [2.45, 2.75) is 29.1 Å². The highest BCUT2D eigenvalue weighted by Gasteiger charge is 2.64. The summed E-state index contributed by atoms with van der Waals surface area (Å²) in [5, 5.41) is 10.1. The van der Waals surface area contributed by atoms with E-state index in [1.165, 1.54) is 16.4 Å². The topological polar surface area (TPSA) is 65.3 Å². The molecule has 5 rings (SSSR count). The first-order chi connectivity index (χ1) is 13.8. The third-order valence-electron chi connectivity index (χ3n) is 5.66. The van der Waals surface area contributed by atoms with Gasteiger partial charge in [0.05, 0.1) is 29.6 Å². The molecular weight excluding hydrogens is 490 g/mol. The van der Waals surface area contributed by atoms with Crippen LogP contribution in [0.3, 0.4) is 0 Å². The van der Waals surface area contributed by atoms with Gasteiger partial charge in [-0.2, -0.15) is 9.42 Å². The fourth-order valence-corrected chi connectivity index (χ4v) is 6.78. The zero-order valence-corrected chi connectivity index (χ0v) is 17.9. The fraction of sp³-hybridized carbons (Fsp3) is 0.333. The van der Waals surface area contributed by atoms with Crippen molar-refractivity contribution in [1.29, 1.82) is 0 Å². The van der Waals surface area contributed by atoms with E-state index in [0.29, 0.717) is 17.7 Å². The molecule has 0 aromatic heterocycles. The van der Waals surface area contributed by atoms with Crippen molar-refractivity contribution in [2.75, 3.05) is 12.4 Å². The standard InChI is InChI=1S/C18H14BrClF2N4O2S/c19-9-1-3-10(4-2-9)29(27,28)26-16-11-7-13(21)14(22)8-12(11)17(26)18-15(16)23-24-25(18)6-5-20/h1-4,7-8,15-18H,5-6H2. The Balaban J connectivity index is 1.67. The van der Waals surface area contributed by atoms with Gasteiger partial charge in [-0.3, -0.25) is 5.01 Å².